The van der Waals surface area contributed by atoms with E-state index in [0.717, 1.165) is 24.6 Å². The van der Waals surface area contributed by atoms with Gasteiger partial charge in [-0.2, -0.15) is 4.98 Å². The zero-order valence-electron chi connectivity index (χ0n) is 15.9. The molecule has 10 heteroatoms. The van der Waals surface area contributed by atoms with Crippen LogP contribution in [0.3, 0.4) is 0 Å². The van der Waals surface area contributed by atoms with E-state index < -0.39 is 0 Å². The molecule has 0 spiro atoms. The van der Waals surface area contributed by atoms with Gasteiger partial charge >= 0.3 is 0 Å². The molecule has 1 fully saturated rings. The third-order valence-corrected chi connectivity index (χ3v) is 4.68. The largest absolute Gasteiger partial charge is 0.356 e. The number of nitrogens with zero attached hydrogens (tertiary/aromatic N) is 5. The molecule has 152 valence electrons. The second-order valence-electron chi connectivity index (χ2n) is 6.24. The molecule has 0 bridgehead atoms. The molecule has 2 heterocycles. The van der Waals surface area contributed by atoms with Crippen molar-refractivity contribution in [3.05, 3.63) is 35.2 Å². The Morgan fingerprint density at radius 1 is 1.21 bits per heavy atom. The van der Waals surface area contributed by atoms with E-state index in [1.54, 1.807) is 26.1 Å². The van der Waals surface area contributed by atoms with Crippen molar-refractivity contribution in [2.45, 2.75) is 13.3 Å². The fourth-order valence-electron chi connectivity index (χ4n) is 2.92. The van der Waals surface area contributed by atoms with Crippen LogP contribution in [0.1, 0.15) is 12.8 Å². The van der Waals surface area contributed by atoms with Gasteiger partial charge < -0.3 is 19.6 Å². The Bertz CT molecular complexity index is 803. The molecule has 0 atom stereocenters. The lowest BCUT2D eigenvalue weighted by molar-refractivity contribution is -0.130. The topological polar surface area (TPSA) is 86.9 Å². The minimum Gasteiger partial charge on any atom is -0.356 e. The summed E-state index contributed by atoms with van der Waals surface area (Å²) in [6.45, 7) is 5.18. The number of benzene rings is 1. The molecule has 0 aliphatic carbocycles. The molecule has 1 N–H and O–H groups in total. The number of hydrogen-bond acceptors (Lipinski definition) is 5. The summed E-state index contributed by atoms with van der Waals surface area (Å²) in [5.41, 5.74) is 0.863. The van der Waals surface area contributed by atoms with Crippen LogP contribution in [0.2, 0.25) is 5.02 Å². The van der Waals surface area contributed by atoms with Gasteiger partial charge in [0.15, 0.2) is 5.96 Å². The highest BCUT2D eigenvalue weighted by atomic mass is 127. The first-order chi connectivity index (χ1) is 13.1. The molecule has 0 unspecified atom stereocenters. The maximum absolute atomic E-state index is 11.4. The van der Waals surface area contributed by atoms with Gasteiger partial charge in [-0.1, -0.05) is 16.8 Å². The van der Waals surface area contributed by atoms with Crippen molar-refractivity contribution in [1.82, 2.24) is 25.3 Å². The van der Waals surface area contributed by atoms with E-state index in [1.807, 2.05) is 17.0 Å². The second kappa shape index (κ2) is 10.6. The molecule has 8 nitrogen and oxygen atoms in total. The minimum atomic E-state index is 0. The summed E-state index contributed by atoms with van der Waals surface area (Å²) >= 11 is 5.90. The van der Waals surface area contributed by atoms with Crippen LogP contribution in [0.4, 0.5) is 0 Å². The third-order valence-electron chi connectivity index (χ3n) is 4.43. The lowest BCUT2D eigenvalue weighted by Gasteiger charge is -2.36. The Labute approximate surface area is 186 Å². The highest BCUT2D eigenvalue weighted by Crippen LogP contribution is 2.18. The van der Waals surface area contributed by atoms with Crippen molar-refractivity contribution in [2.75, 3.05) is 39.8 Å². The van der Waals surface area contributed by atoms with Gasteiger partial charge in [-0.25, -0.2) is 0 Å². The highest BCUT2D eigenvalue weighted by molar-refractivity contribution is 14.0. The van der Waals surface area contributed by atoms with Crippen LogP contribution in [0.25, 0.3) is 11.4 Å². The number of aromatic nitrogens is 2. The first-order valence-corrected chi connectivity index (χ1v) is 9.24. The first-order valence-electron chi connectivity index (χ1n) is 8.86. The monoisotopic (exact) mass is 518 g/mol. The standard InChI is InChI=1S/C18H23ClN6O2.HI/c1-13(26)24-9-11-25(12-10-24)18(20-2)21-8-7-16-22-17(23-27-16)14-3-5-15(19)6-4-14;/h3-6H,7-12H2,1-2H3,(H,20,21);1H. The Hall–Kier alpha value is -1.88. The molecule has 1 aromatic carbocycles. The maximum atomic E-state index is 11.4. The van der Waals surface area contributed by atoms with Crippen LogP contribution in [0, 0.1) is 0 Å². The summed E-state index contributed by atoms with van der Waals surface area (Å²) in [4.78, 5) is 24.2. The normalized spacial score (nSPS) is 14.6. The van der Waals surface area contributed by atoms with Gasteiger partial charge in [0.25, 0.3) is 0 Å². The molecule has 1 amide bonds. The quantitative estimate of drug-likeness (QED) is 0.380. The zero-order chi connectivity index (χ0) is 19.2. The van der Waals surface area contributed by atoms with Crippen molar-refractivity contribution in [3.63, 3.8) is 0 Å². The zero-order valence-corrected chi connectivity index (χ0v) is 19.0. The van der Waals surface area contributed by atoms with E-state index in [9.17, 15) is 4.79 Å². The van der Waals surface area contributed by atoms with Crippen LogP contribution < -0.4 is 5.32 Å². The molecule has 1 saturated heterocycles. The van der Waals surface area contributed by atoms with Crippen LogP contribution in [-0.2, 0) is 11.2 Å². The fourth-order valence-corrected chi connectivity index (χ4v) is 3.05. The van der Waals surface area contributed by atoms with E-state index in [1.165, 1.54) is 0 Å². The van der Waals surface area contributed by atoms with Crippen LogP contribution in [0.5, 0.6) is 0 Å². The lowest BCUT2D eigenvalue weighted by atomic mass is 10.2. The number of nitrogens with one attached hydrogen (secondary N) is 1. The van der Waals surface area contributed by atoms with E-state index >= 15 is 0 Å². The van der Waals surface area contributed by atoms with E-state index in [2.05, 4.69) is 25.3 Å². The van der Waals surface area contributed by atoms with Crippen LogP contribution in [0.15, 0.2) is 33.8 Å². The number of aliphatic imine (C=N–C) groups is 1. The average molecular weight is 519 g/mol. The average Bonchev–Trinajstić information content (AvgIpc) is 3.15. The molecular formula is C18H24ClIN6O2. The van der Waals surface area contributed by atoms with Crippen molar-refractivity contribution in [2.24, 2.45) is 4.99 Å². The summed E-state index contributed by atoms with van der Waals surface area (Å²) in [6, 6.07) is 7.31. The molecule has 3 rings (SSSR count). The number of hydrogen-bond donors (Lipinski definition) is 1. The lowest BCUT2D eigenvalue weighted by Crippen LogP contribution is -2.53. The molecule has 2 aromatic rings. The summed E-state index contributed by atoms with van der Waals surface area (Å²) in [5.74, 6) is 2.04. The summed E-state index contributed by atoms with van der Waals surface area (Å²) in [7, 11) is 1.75. The number of guanidine groups is 1. The maximum Gasteiger partial charge on any atom is 0.228 e. The molecule has 1 aliphatic rings. The smallest absolute Gasteiger partial charge is 0.228 e. The van der Waals surface area contributed by atoms with E-state index in [4.69, 9.17) is 16.1 Å². The molecule has 1 aromatic heterocycles. The van der Waals surface area contributed by atoms with Gasteiger partial charge in [-0.3, -0.25) is 9.79 Å². The van der Waals surface area contributed by atoms with Gasteiger partial charge in [0, 0.05) is 63.7 Å². The van der Waals surface area contributed by atoms with Crippen molar-refractivity contribution in [3.8, 4) is 11.4 Å². The highest BCUT2D eigenvalue weighted by Gasteiger charge is 2.20. The molecule has 0 saturated carbocycles. The number of halogens is 2. The Balaban J connectivity index is 0.00000280. The molecule has 1 aliphatic heterocycles. The van der Waals surface area contributed by atoms with Crippen molar-refractivity contribution >= 4 is 47.4 Å². The Morgan fingerprint density at radius 3 is 2.46 bits per heavy atom. The van der Waals surface area contributed by atoms with Crippen LogP contribution >= 0.6 is 35.6 Å². The van der Waals surface area contributed by atoms with Crippen molar-refractivity contribution in [1.29, 1.82) is 0 Å². The van der Waals surface area contributed by atoms with Gasteiger partial charge in [0.05, 0.1) is 0 Å². The number of carbonyl (C=O) groups excluding carboxylic acids is 1. The minimum absolute atomic E-state index is 0. The van der Waals surface area contributed by atoms with Gasteiger partial charge in [0.2, 0.25) is 17.6 Å². The van der Waals surface area contributed by atoms with Gasteiger partial charge in [-0.15, -0.1) is 24.0 Å². The Morgan fingerprint density at radius 2 is 1.86 bits per heavy atom. The number of piperazine rings is 1. The molecular weight excluding hydrogens is 495 g/mol. The molecule has 28 heavy (non-hydrogen) atoms. The summed E-state index contributed by atoms with van der Waals surface area (Å²) in [5, 5.41) is 8.00. The SMILES string of the molecule is CN=C(NCCc1nc(-c2ccc(Cl)cc2)no1)N1CCN(C(C)=O)CC1.I. The number of rotatable bonds is 4. The predicted octanol–water partition coefficient (Wildman–Crippen LogP) is 2.29. The third kappa shape index (κ3) is 5.81. The predicted molar refractivity (Wildman–Crippen MR) is 119 cm³/mol. The number of carbonyl (C=O) groups is 1. The van der Waals surface area contributed by atoms with E-state index in [-0.39, 0.29) is 29.9 Å². The van der Waals surface area contributed by atoms with Crippen LogP contribution in [-0.4, -0.2) is 71.6 Å². The first kappa shape index (κ1) is 22.4. The summed E-state index contributed by atoms with van der Waals surface area (Å²) in [6.07, 6.45) is 0.590. The summed E-state index contributed by atoms with van der Waals surface area (Å²) < 4.78 is 5.32. The van der Waals surface area contributed by atoms with Crippen molar-refractivity contribution < 1.29 is 9.32 Å². The van der Waals surface area contributed by atoms with Gasteiger partial charge in [0.1, 0.15) is 0 Å². The van der Waals surface area contributed by atoms with E-state index in [0.29, 0.717) is 42.8 Å². The van der Waals surface area contributed by atoms with Gasteiger partial charge in [-0.05, 0) is 24.3 Å². The Kier molecular flexibility index (Phi) is 8.49. The second-order valence-corrected chi connectivity index (χ2v) is 6.67. The molecule has 0 radical (unpaired) electrons. The fraction of sp³-hybridized carbons (Fsp3) is 0.444. The number of amides is 1.